The van der Waals surface area contributed by atoms with Gasteiger partial charge in [-0.1, -0.05) is 42.5 Å². The van der Waals surface area contributed by atoms with Crippen LogP contribution in [0.3, 0.4) is 0 Å². The van der Waals surface area contributed by atoms with Crippen LogP contribution in [-0.4, -0.2) is 22.9 Å². The zero-order valence-electron chi connectivity index (χ0n) is 11.6. The van der Waals surface area contributed by atoms with E-state index in [9.17, 15) is 14.4 Å². The maximum atomic E-state index is 11.9. The first kappa shape index (κ1) is 15.2. The number of carbonyl (C=O) groups excluding carboxylic acids is 2. The number of carboxylic acid groups (broad SMARTS) is 1. The van der Waals surface area contributed by atoms with Gasteiger partial charge in [0.15, 0.2) is 0 Å². The third kappa shape index (κ3) is 3.92. The molecule has 0 fully saturated rings. The Bertz CT molecular complexity index is 698. The molecule has 2 aromatic rings. The Kier molecular flexibility index (Phi) is 4.87. The topological polar surface area (TPSA) is 95.5 Å². The molecule has 0 heterocycles. The van der Waals surface area contributed by atoms with Crippen molar-refractivity contribution in [2.24, 2.45) is 0 Å². The lowest BCUT2D eigenvalue weighted by Gasteiger charge is -2.09. The minimum atomic E-state index is -1.21. The van der Waals surface area contributed by atoms with E-state index in [2.05, 4.69) is 10.9 Å². The van der Waals surface area contributed by atoms with Crippen LogP contribution in [-0.2, 0) is 11.2 Å². The van der Waals surface area contributed by atoms with Gasteiger partial charge in [0.1, 0.15) is 0 Å². The summed E-state index contributed by atoms with van der Waals surface area (Å²) in [6.45, 7) is 0. The number of carbonyl (C=O) groups is 3. The third-order valence-corrected chi connectivity index (χ3v) is 2.93. The summed E-state index contributed by atoms with van der Waals surface area (Å²) in [5.41, 5.74) is 5.14. The highest BCUT2D eigenvalue weighted by Gasteiger charge is 2.16. The van der Waals surface area contributed by atoms with Gasteiger partial charge in [0.2, 0.25) is 5.91 Å². The van der Waals surface area contributed by atoms with Crippen molar-refractivity contribution in [3.8, 4) is 0 Å². The lowest BCUT2D eigenvalue weighted by Crippen LogP contribution is -2.42. The second kappa shape index (κ2) is 7.03. The minimum Gasteiger partial charge on any atom is -0.478 e. The van der Waals surface area contributed by atoms with E-state index in [4.69, 9.17) is 5.11 Å². The van der Waals surface area contributed by atoms with Crippen molar-refractivity contribution in [3.05, 3.63) is 71.3 Å². The molecule has 0 aliphatic carbocycles. The van der Waals surface area contributed by atoms with Gasteiger partial charge in [-0.2, -0.15) is 0 Å². The van der Waals surface area contributed by atoms with Crippen LogP contribution in [0.5, 0.6) is 0 Å². The van der Waals surface area contributed by atoms with Crippen LogP contribution >= 0.6 is 0 Å². The molecule has 0 unspecified atom stereocenters. The molecule has 0 bridgehead atoms. The monoisotopic (exact) mass is 298 g/mol. The van der Waals surface area contributed by atoms with Crippen LogP contribution in [0.15, 0.2) is 54.6 Å². The lowest BCUT2D eigenvalue weighted by atomic mass is 10.1. The molecule has 2 aromatic carbocycles. The van der Waals surface area contributed by atoms with Gasteiger partial charge in [-0.25, -0.2) is 4.79 Å². The van der Waals surface area contributed by atoms with Crippen LogP contribution in [0.1, 0.15) is 26.3 Å². The highest BCUT2D eigenvalue weighted by atomic mass is 16.4. The minimum absolute atomic E-state index is 0.0185. The molecule has 22 heavy (non-hydrogen) atoms. The van der Waals surface area contributed by atoms with Crippen molar-refractivity contribution in [2.75, 3.05) is 0 Å². The fourth-order valence-corrected chi connectivity index (χ4v) is 1.89. The standard InChI is InChI=1S/C16H14N2O4/c19-14(10-11-6-2-1-3-7-11)17-18-15(20)12-8-4-5-9-13(12)16(21)22/h1-9H,10H2,(H,17,19)(H,18,20)(H,21,22). The van der Waals surface area contributed by atoms with Gasteiger partial charge < -0.3 is 5.11 Å². The first-order valence-corrected chi connectivity index (χ1v) is 6.53. The van der Waals surface area contributed by atoms with Crippen LogP contribution < -0.4 is 10.9 Å². The number of hydrogen-bond acceptors (Lipinski definition) is 3. The summed E-state index contributed by atoms with van der Waals surface area (Å²) in [7, 11) is 0. The molecule has 0 saturated carbocycles. The Morgan fingerprint density at radius 3 is 2.05 bits per heavy atom. The first-order valence-electron chi connectivity index (χ1n) is 6.53. The highest BCUT2D eigenvalue weighted by Crippen LogP contribution is 2.08. The number of hydrazine groups is 1. The van der Waals surface area contributed by atoms with Gasteiger partial charge in [-0.05, 0) is 17.7 Å². The lowest BCUT2D eigenvalue weighted by molar-refractivity contribution is -0.121. The van der Waals surface area contributed by atoms with Gasteiger partial charge in [0, 0.05) is 0 Å². The van der Waals surface area contributed by atoms with Crippen molar-refractivity contribution >= 4 is 17.8 Å². The number of hydrogen-bond donors (Lipinski definition) is 3. The van der Waals surface area contributed by atoms with Gasteiger partial charge in [-0.15, -0.1) is 0 Å². The number of aromatic carboxylic acids is 1. The van der Waals surface area contributed by atoms with Crippen molar-refractivity contribution in [2.45, 2.75) is 6.42 Å². The Balaban J connectivity index is 1.96. The fourth-order valence-electron chi connectivity index (χ4n) is 1.89. The van der Waals surface area contributed by atoms with Gasteiger partial charge in [-0.3, -0.25) is 20.4 Å². The molecule has 0 spiro atoms. The Morgan fingerprint density at radius 2 is 1.41 bits per heavy atom. The van der Waals surface area contributed by atoms with Crippen molar-refractivity contribution in [1.82, 2.24) is 10.9 Å². The molecule has 0 aliphatic rings. The van der Waals surface area contributed by atoms with Crippen LogP contribution in [0.25, 0.3) is 0 Å². The molecule has 0 aliphatic heterocycles. The van der Waals surface area contributed by atoms with Crippen molar-refractivity contribution in [3.63, 3.8) is 0 Å². The molecular formula is C16H14N2O4. The summed E-state index contributed by atoms with van der Waals surface area (Å²) in [5, 5.41) is 9.02. The SMILES string of the molecule is O=C(Cc1ccccc1)NNC(=O)c1ccccc1C(=O)O. The summed E-state index contributed by atoms with van der Waals surface area (Å²) in [5.74, 6) is -2.28. The summed E-state index contributed by atoms with van der Waals surface area (Å²) in [6, 6.07) is 14.8. The molecule has 2 amide bonds. The zero-order valence-corrected chi connectivity index (χ0v) is 11.6. The summed E-state index contributed by atoms with van der Waals surface area (Å²) in [6.07, 6.45) is 0.113. The Hall–Kier alpha value is -3.15. The predicted molar refractivity (Wildman–Crippen MR) is 79.2 cm³/mol. The molecule has 0 aromatic heterocycles. The Morgan fingerprint density at radius 1 is 0.818 bits per heavy atom. The number of benzene rings is 2. The average Bonchev–Trinajstić information content (AvgIpc) is 2.53. The van der Waals surface area contributed by atoms with Crippen molar-refractivity contribution in [1.29, 1.82) is 0 Å². The van der Waals surface area contributed by atoms with Crippen LogP contribution in [0, 0.1) is 0 Å². The molecule has 2 rings (SSSR count). The van der Waals surface area contributed by atoms with Gasteiger partial charge in [0.25, 0.3) is 5.91 Å². The maximum absolute atomic E-state index is 11.9. The van der Waals surface area contributed by atoms with E-state index >= 15 is 0 Å². The number of rotatable bonds is 4. The molecule has 112 valence electrons. The highest BCUT2D eigenvalue weighted by molar-refractivity contribution is 6.05. The summed E-state index contributed by atoms with van der Waals surface area (Å²) in [4.78, 5) is 34.7. The van der Waals surface area contributed by atoms with E-state index in [1.54, 1.807) is 18.2 Å². The summed E-state index contributed by atoms with van der Waals surface area (Å²) >= 11 is 0. The second-order valence-electron chi connectivity index (χ2n) is 4.52. The van der Waals surface area contributed by atoms with E-state index < -0.39 is 17.8 Å². The molecule has 0 atom stereocenters. The van der Waals surface area contributed by atoms with E-state index in [0.29, 0.717) is 0 Å². The van der Waals surface area contributed by atoms with Crippen molar-refractivity contribution < 1.29 is 19.5 Å². The smallest absolute Gasteiger partial charge is 0.336 e. The Labute approximate surface area is 126 Å². The van der Waals surface area contributed by atoms with Gasteiger partial charge >= 0.3 is 5.97 Å². The van der Waals surface area contributed by atoms with Gasteiger partial charge in [0.05, 0.1) is 17.5 Å². The number of amides is 2. The van der Waals surface area contributed by atoms with E-state index in [1.165, 1.54) is 18.2 Å². The van der Waals surface area contributed by atoms with Crippen LogP contribution in [0.2, 0.25) is 0 Å². The number of nitrogens with one attached hydrogen (secondary N) is 2. The molecule has 0 saturated heterocycles. The normalized spacial score (nSPS) is 9.82. The third-order valence-electron chi connectivity index (χ3n) is 2.93. The molecule has 0 radical (unpaired) electrons. The zero-order chi connectivity index (χ0) is 15.9. The largest absolute Gasteiger partial charge is 0.478 e. The number of carboxylic acids is 1. The van der Waals surface area contributed by atoms with E-state index in [0.717, 1.165) is 5.56 Å². The molecule has 6 heteroatoms. The quantitative estimate of drug-likeness (QED) is 0.743. The van der Waals surface area contributed by atoms with E-state index in [1.807, 2.05) is 18.2 Å². The fraction of sp³-hybridized carbons (Fsp3) is 0.0625. The molecular weight excluding hydrogens is 284 g/mol. The van der Waals surface area contributed by atoms with E-state index in [-0.39, 0.29) is 17.5 Å². The first-order chi connectivity index (χ1) is 10.6. The summed E-state index contributed by atoms with van der Waals surface area (Å²) < 4.78 is 0. The molecule has 3 N–H and O–H groups in total. The average molecular weight is 298 g/mol. The van der Waals surface area contributed by atoms with Crippen LogP contribution in [0.4, 0.5) is 0 Å². The maximum Gasteiger partial charge on any atom is 0.336 e. The predicted octanol–water partition coefficient (Wildman–Crippen LogP) is 1.39. The molecule has 6 nitrogen and oxygen atoms in total. The second-order valence-corrected chi connectivity index (χ2v) is 4.52.